The molecular weight excluding hydrogens is 502 g/mol. The Bertz CT molecular complexity index is 1420. The predicted molar refractivity (Wildman–Crippen MR) is 141 cm³/mol. The van der Waals surface area contributed by atoms with Gasteiger partial charge in [0.15, 0.2) is 0 Å². The molecule has 1 saturated carbocycles. The summed E-state index contributed by atoms with van der Waals surface area (Å²) < 4.78 is 8.23. The zero-order valence-corrected chi connectivity index (χ0v) is 21.4. The van der Waals surface area contributed by atoms with Crippen LogP contribution in [0.1, 0.15) is 36.0 Å². The van der Waals surface area contributed by atoms with Crippen LogP contribution in [0.2, 0.25) is 0 Å². The summed E-state index contributed by atoms with van der Waals surface area (Å²) >= 11 is 3.85. The van der Waals surface area contributed by atoms with Crippen LogP contribution in [-0.4, -0.2) is 22.8 Å². The molecule has 0 unspecified atom stereocenters. The van der Waals surface area contributed by atoms with E-state index in [1.165, 1.54) is 0 Å². The molecule has 35 heavy (non-hydrogen) atoms. The number of methoxy groups -OCH3 is 1. The number of para-hydroxylation sites is 1. The fourth-order valence-corrected chi connectivity index (χ4v) is 6.15. The monoisotopic (exact) mass is 527 g/mol. The number of anilines is 1. The van der Waals surface area contributed by atoms with Gasteiger partial charge in [-0.1, -0.05) is 36.8 Å². The lowest BCUT2D eigenvalue weighted by molar-refractivity contribution is -0.126. The maximum atomic E-state index is 13.9. The number of hydrogen-bond acceptors (Lipinski definition) is 3. The highest BCUT2D eigenvalue weighted by Gasteiger charge is 2.55. The molecule has 1 fully saturated rings. The van der Waals surface area contributed by atoms with E-state index in [-0.39, 0.29) is 5.91 Å². The van der Waals surface area contributed by atoms with Crippen LogP contribution >= 0.6 is 15.9 Å². The number of benzene rings is 3. The fraction of sp³-hybridized carbons (Fsp3) is 0.241. The van der Waals surface area contributed by atoms with Crippen LogP contribution in [0.25, 0.3) is 16.9 Å². The third-order valence-electron chi connectivity index (χ3n) is 7.44. The van der Waals surface area contributed by atoms with Crippen LogP contribution < -0.4 is 9.64 Å². The van der Waals surface area contributed by atoms with Gasteiger partial charge in [-0.3, -0.25) is 4.79 Å². The molecule has 5 nitrogen and oxygen atoms in total. The highest BCUT2D eigenvalue weighted by Crippen LogP contribution is 2.56. The van der Waals surface area contributed by atoms with E-state index in [9.17, 15) is 4.79 Å². The molecule has 2 heterocycles. The molecule has 0 bridgehead atoms. The van der Waals surface area contributed by atoms with Crippen LogP contribution in [-0.2, 0) is 16.8 Å². The van der Waals surface area contributed by atoms with Crippen molar-refractivity contribution < 1.29 is 9.53 Å². The van der Waals surface area contributed by atoms with Gasteiger partial charge in [0, 0.05) is 10.0 Å². The third-order valence-corrected chi connectivity index (χ3v) is 8.04. The molecule has 1 aliphatic carbocycles. The van der Waals surface area contributed by atoms with Crippen molar-refractivity contribution in [2.24, 2.45) is 0 Å². The van der Waals surface area contributed by atoms with Crippen LogP contribution in [0.3, 0.4) is 0 Å². The molecular formula is C29H26BrN3O2. The second kappa shape index (κ2) is 8.38. The van der Waals surface area contributed by atoms with E-state index in [0.717, 1.165) is 68.8 Å². The average molecular weight is 528 g/mol. The lowest BCUT2D eigenvalue weighted by Crippen LogP contribution is -2.44. The van der Waals surface area contributed by atoms with Gasteiger partial charge in [0.2, 0.25) is 5.91 Å². The third kappa shape index (κ3) is 3.42. The highest BCUT2D eigenvalue weighted by atomic mass is 79.9. The molecule has 1 spiro atoms. The Balaban J connectivity index is 1.46. The summed E-state index contributed by atoms with van der Waals surface area (Å²) in [4.78, 5) is 15.8. The maximum Gasteiger partial charge on any atom is 0.238 e. The van der Waals surface area contributed by atoms with E-state index in [0.29, 0.717) is 6.54 Å². The summed E-state index contributed by atoms with van der Waals surface area (Å²) in [5.41, 5.74) is 7.02. The van der Waals surface area contributed by atoms with Gasteiger partial charge in [0.1, 0.15) is 5.75 Å². The lowest BCUT2D eigenvalue weighted by atomic mass is 9.65. The van der Waals surface area contributed by atoms with Crippen LogP contribution in [0.5, 0.6) is 5.75 Å². The number of ether oxygens (including phenoxy) is 1. The van der Waals surface area contributed by atoms with E-state index in [1.807, 2.05) is 58.2 Å². The van der Waals surface area contributed by atoms with Crippen LogP contribution in [0, 0.1) is 6.92 Å². The average Bonchev–Trinajstić information content (AvgIpc) is 3.35. The number of carbonyl (C=O) groups is 1. The van der Waals surface area contributed by atoms with Crippen molar-refractivity contribution in [3.8, 4) is 22.7 Å². The second-order valence-electron chi connectivity index (χ2n) is 9.45. The molecule has 0 atom stereocenters. The van der Waals surface area contributed by atoms with Gasteiger partial charge >= 0.3 is 0 Å². The van der Waals surface area contributed by atoms with Gasteiger partial charge in [-0.25, -0.2) is 4.68 Å². The Hall–Kier alpha value is -3.38. The second-order valence-corrected chi connectivity index (χ2v) is 10.3. The molecule has 1 aliphatic heterocycles. The number of carbonyl (C=O) groups excluding carboxylic acids is 1. The number of hydrogen-bond donors (Lipinski definition) is 0. The highest BCUT2D eigenvalue weighted by molar-refractivity contribution is 9.10. The molecule has 3 aromatic carbocycles. The van der Waals surface area contributed by atoms with E-state index in [2.05, 4.69) is 52.2 Å². The molecule has 176 valence electrons. The van der Waals surface area contributed by atoms with E-state index >= 15 is 0 Å². The fourth-order valence-electron chi connectivity index (χ4n) is 5.47. The molecule has 2 aliphatic rings. The van der Waals surface area contributed by atoms with Gasteiger partial charge < -0.3 is 9.64 Å². The van der Waals surface area contributed by atoms with Crippen molar-refractivity contribution in [3.63, 3.8) is 0 Å². The van der Waals surface area contributed by atoms with E-state index in [1.54, 1.807) is 7.11 Å². The number of rotatable bonds is 5. The zero-order valence-electron chi connectivity index (χ0n) is 19.8. The largest absolute Gasteiger partial charge is 0.497 e. The Morgan fingerprint density at radius 2 is 1.80 bits per heavy atom. The number of aryl methyl sites for hydroxylation is 1. The van der Waals surface area contributed by atoms with Crippen LogP contribution in [0.4, 0.5) is 5.69 Å². The molecule has 6 heteroatoms. The first-order chi connectivity index (χ1) is 17.0. The smallest absolute Gasteiger partial charge is 0.238 e. The van der Waals surface area contributed by atoms with Crippen molar-refractivity contribution in [2.75, 3.05) is 12.0 Å². The molecule has 6 rings (SSSR count). The Morgan fingerprint density at radius 3 is 2.46 bits per heavy atom. The summed E-state index contributed by atoms with van der Waals surface area (Å²) in [5, 5.41) is 4.67. The van der Waals surface area contributed by atoms with Crippen molar-refractivity contribution in [2.45, 2.75) is 38.1 Å². The van der Waals surface area contributed by atoms with Gasteiger partial charge in [-0.15, -0.1) is 0 Å². The SMILES string of the molecule is COc1ccc(CN2C(=O)C3(CCC3)c3cc(-c4c(C)cnn4-c4ccccc4)cc(Br)c32)cc1. The van der Waals surface area contributed by atoms with Crippen molar-refractivity contribution in [3.05, 3.63) is 94.1 Å². The van der Waals surface area contributed by atoms with Crippen molar-refractivity contribution >= 4 is 27.5 Å². The molecule has 1 aromatic heterocycles. The minimum atomic E-state index is -0.425. The first-order valence-corrected chi connectivity index (χ1v) is 12.7. The maximum absolute atomic E-state index is 13.9. The first-order valence-electron chi connectivity index (χ1n) is 11.9. The standard InChI is InChI=1S/C29H26BrN3O2/c1-19-17-31-33(22-7-4-3-5-8-22)26(19)21-15-24-27(25(30)16-21)32(28(34)29(24)13-6-14-29)18-20-9-11-23(35-2)12-10-20/h3-5,7-12,15-17H,6,13-14,18H2,1-2H3. The first kappa shape index (κ1) is 22.1. The zero-order chi connectivity index (χ0) is 24.2. The normalized spacial score (nSPS) is 15.9. The van der Waals surface area contributed by atoms with Gasteiger partial charge in [-0.2, -0.15) is 5.10 Å². The topological polar surface area (TPSA) is 47.4 Å². The minimum Gasteiger partial charge on any atom is -0.497 e. The molecule has 0 N–H and O–H groups in total. The molecule has 0 saturated heterocycles. The minimum absolute atomic E-state index is 0.209. The van der Waals surface area contributed by atoms with Crippen LogP contribution in [0.15, 0.2) is 77.4 Å². The summed E-state index contributed by atoms with van der Waals surface area (Å²) in [7, 11) is 1.66. The molecule has 0 radical (unpaired) electrons. The Labute approximate surface area is 213 Å². The van der Waals surface area contributed by atoms with Gasteiger partial charge in [-0.05, 0) is 88.8 Å². The van der Waals surface area contributed by atoms with Gasteiger partial charge in [0.05, 0.1) is 42.3 Å². The number of fused-ring (bicyclic) bond motifs is 2. The van der Waals surface area contributed by atoms with Crippen molar-refractivity contribution in [1.82, 2.24) is 9.78 Å². The van der Waals surface area contributed by atoms with E-state index < -0.39 is 5.41 Å². The summed E-state index contributed by atoms with van der Waals surface area (Å²) in [6.45, 7) is 2.62. The summed E-state index contributed by atoms with van der Waals surface area (Å²) in [6.07, 6.45) is 4.77. The summed E-state index contributed by atoms with van der Waals surface area (Å²) in [6, 6.07) is 22.5. The molecule has 1 amide bonds. The molecule has 4 aromatic rings. The number of nitrogens with zero attached hydrogens (tertiary/aromatic N) is 3. The number of aromatic nitrogens is 2. The number of halogens is 1. The Kier molecular flexibility index (Phi) is 5.29. The Morgan fingerprint density at radius 1 is 1.06 bits per heavy atom. The van der Waals surface area contributed by atoms with E-state index in [4.69, 9.17) is 4.74 Å². The predicted octanol–water partition coefficient (Wildman–Crippen LogP) is 6.59. The quantitative estimate of drug-likeness (QED) is 0.294. The number of amides is 1. The lowest BCUT2D eigenvalue weighted by Gasteiger charge is -2.37. The van der Waals surface area contributed by atoms with Gasteiger partial charge in [0.25, 0.3) is 0 Å². The summed E-state index contributed by atoms with van der Waals surface area (Å²) in [5.74, 6) is 1.02. The van der Waals surface area contributed by atoms with Crippen molar-refractivity contribution in [1.29, 1.82) is 0 Å².